The van der Waals surface area contributed by atoms with E-state index in [1.165, 1.54) is 11.1 Å². The minimum absolute atomic E-state index is 0.0354. The van der Waals surface area contributed by atoms with Crippen molar-refractivity contribution in [1.29, 1.82) is 0 Å². The van der Waals surface area contributed by atoms with Gasteiger partial charge in [-0.1, -0.05) is 29.8 Å². The first-order valence-corrected chi connectivity index (χ1v) is 7.62. The quantitative estimate of drug-likeness (QED) is 0.847. The first-order chi connectivity index (χ1) is 10.7. The van der Waals surface area contributed by atoms with E-state index in [1.54, 1.807) is 18.3 Å². The summed E-state index contributed by atoms with van der Waals surface area (Å²) in [6, 6.07) is 12.0. The average molecular weight is 298 g/mol. The number of nitrogens with zero attached hydrogens (tertiary/aromatic N) is 1. The Hall–Kier alpha value is -2.36. The second kappa shape index (κ2) is 8.17. The lowest BCUT2D eigenvalue weighted by atomic mass is 10.1. The highest BCUT2D eigenvalue weighted by molar-refractivity contribution is 5.91. The van der Waals surface area contributed by atoms with Crippen LogP contribution in [0.3, 0.4) is 0 Å². The van der Waals surface area contributed by atoms with Crippen LogP contribution in [0.2, 0.25) is 0 Å². The number of hydrogen-bond acceptors (Lipinski definition) is 3. The van der Waals surface area contributed by atoms with Crippen LogP contribution in [0.25, 0.3) is 0 Å². The fourth-order valence-corrected chi connectivity index (χ4v) is 2.16. The molecular weight excluding hydrogens is 276 g/mol. The summed E-state index contributed by atoms with van der Waals surface area (Å²) in [6.07, 6.45) is 3.82. The van der Waals surface area contributed by atoms with Gasteiger partial charge in [0.15, 0.2) is 11.6 Å². The van der Waals surface area contributed by atoms with E-state index >= 15 is 0 Å². The predicted octanol–water partition coefficient (Wildman–Crippen LogP) is 3.75. The summed E-state index contributed by atoms with van der Waals surface area (Å²) >= 11 is 0. The molecule has 1 amide bonds. The van der Waals surface area contributed by atoms with Crippen molar-refractivity contribution in [2.75, 3.05) is 11.9 Å². The van der Waals surface area contributed by atoms with Crippen LogP contribution in [0.1, 0.15) is 30.9 Å². The molecule has 0 spiro atoms. The van der Waals surface area contributed by atoms with Crippen LogP contribution in [-0.2, 0) is 11.2 Å². The van der Waals surface area contributed by atoms with Crippen LogP contribution < -0.4 is 10.1 Å². The van der Waals surface area contributed by atoms with Crippen molar-refractivity contribution in [1.82, 2.24) is 4.98 Å². The number of hydrogen-bond donors (Lipinski definition) is 1. The highest BCUT2D eigenvalue weighted by Gasteiger charge is 2.08. The molecule has 1 aromatic heterocycles. The normalized spacial score (nSPS) is 10.3. The number of aromatic nitrogens is 1. The zero-order valence-electron chi connectivity index (χ0n) is 13.1. The molecule has 0 saturated heterocycles. The monoisotopic (exact) mass is 298 g/mol. The molecule has 1 heterocycles. The number of nitrogens with one attached hydrogen (secondary N) is 1. The van der Waals surface area contributed by atoms with E-state index in [0.717, 1.165) is 12.8 Å². The van der Waals surface area contributed by atoms with Gasteiger partial charge in [-0.25, -0.2) is 4.98 Å². The van der Waals surface area contributed by atoms with Crippen LogP contribution in [0, 0.1) is 6.92 Å². The topological polar surface area (TPSA) is 51.2 Å². The van der Waals surface area contributed by atoms with E-state index in [1.807, 2.05) is 6.92 Å². The number of aryl methyl sites for hydroxylation is 2. The van der Waals surface area contributed by atoms with Crippen molar-refractivity contribution < 1.29 is 9.53 Å². The Labute approximate surface area is 131 Å². The Morgan fingerprint density at radius 3 is 2.73 bits per heavy atom. The van der Waals surface area contributed by atoms with Crippen LogP contribution >= 0.6 is 0 Å². The van der Waals surface area contributed by atoms with Gasteiger partial charge in [-0.3, -0.25) is 4.79 Å². The second-order valence-corrected chi connectivity index (χ2v) is 5.17. The zero-order valence-corrected chi connectivity index (χ0v) is 13.1. The van der Waals surface area contributed by atoms with E-state index in [-0.39, 0.29) is 5.91 Å². The van der Waals surface area contributed by atoms with E-state index in [0.29, 0.717) is 24.6 Å². The van der Waals surface area contributed by atoms with Crippen molar-refractivity contribution in [3.63, 3.8) is 0 Å². The fourth-order valence-electron chi connectivity index (χ4n) is 2.16. The maximum Gasteiger partial charge on any atom is 0.225 e. The molecule has 2 aromatic rings. The predicted molar refractivity (Wildman–Crippen MR) is 88.2 cm³/mol. The number of benzene rings is 1. The summed E-state index contributed by atoms with van der Waals surface area (Å²) in [5.41, 5.74) is 2.51. The van der Waals surface area contributed by atoms with Crippen molar-refractivity contribution in [3.8, 4) is 5.75 Å². The largest absolute Gasteiger partial charge is 0.490 e. The molecule has 0 aliphatic rings. The van der Waals surface area contributed by atoms with Gasteiger partial charge in [-0.2, -0.15) is 0 Å². The zero-order chi connectivity index (χ0) is 15.8. The Morgan fingerprint density at radius 2 is 2.00 bits per heavy atom. The maximum absolute atomic E-state index is 12.0. The molecule has 1 aromatic carbocycles. The van der Waals surface area contributed by atoms with Gasteiger partial charge in [0, 0.05) is 12.6 Å². The molecule has 0 radical (unpaired) electrons. The number of anilines is 1. The summed E-state index contributed by atoms with van der Waals surface area (Å²) in [5, 5.41) is 2.82. The van der Waals surface area contributed by atoms with E-state index < -0.39 is 0 Å². The van der Waals surface area contributed by atoms with Crippen LogP contribution in [0.15, 0.2) is 42.6 Å². The number of carbonyl (C=O) groups excluding carboxylic acids is 1. The van der Waals surface area contributed by atoms with Gasteiger partial charge < -0.3 is 10.1 Å². The molecule has 4 nitrogen and oxygen atoms in total. The minimum atomic E-state index is -0.0354. The standard InChI is InChI=1S/C18H22N2O2/c1-3-22-16-7-5-13-19-18(16)20-17(21)8-4-6-15-11-9-14(2)10-12-15/h5,7,9-13H,3-4,6,8H2,1-2H3,(H,19,20,21). The highest BCUT2D eigenvalue weighted by Crippen LogP contribution is 2.21. The molecule has 1 N–H and O–H groups in total. The van der Waals surface area contributed by atoms with E-state index in [4.69, 9.17) is 4.74 Å². The Kier molecular flexibility index (Phi) is 5.95. The third-order valence-corrected chi connectivity index (χ3v) is 3.32. The summed E-state index contributed by atoms with van der Waals surface area (Å²) in [4.78, 5) is 16.2. The van der Waals surface area contributed by atoms with Crippen molar-refractivity contribution in [3.05, 3.63) is 53.7 Å². The van der Waals surface area contributed by atoms with Crippen molar-refractivity contribution >= 4 is 11.7 Å². The van der Waals surface area contributed by atoms with Crippen molar-refractivity contribution in [2.24, 2.45) is 0 Å². The van der Waals surface area contributed by atoms with Gasteiger partial charge in [-0.05, 0) is 44.4 Å². The molecule has 116 valence electrons. The molecule has 22 heavy (non-hydrogen) atoms. The Morgan fingerprint density at radius 1 is 1.23 bits per heavy atom. The van der Waals surface area contributed by atoms with Gasteiger partial charge in [0.2, 0.25) is 5.91 Å². The molecule has 0 saturated carbocycles. The van der Waals surface area contributed by atoms with Gasteiger partial charge in [-0.15, -0.1) is 0 Å². The third kappa shape index (κ3) is 4.88. The lowest BCUT2D eigenvalue weighted by molar-refractivity contribution is -0.116. The molecule has 0 bridgehead atoms. The Balaban J connectivity index is 1.82. The van der Waals surface area contributed by atoms with E-state index in [2.05, 4.69) is 41.5 Å². The molecule has 0 atom stereocenters. The number of pyridine rings is 1. The summed E-state index contributed by atoms with van der Waals surface area (Å²) in [6.45, 7) is 4.52. The van der Waals surface area contributed by atoms with Crippen LogP contribution in [0.4, 0.5) is 5.82 Å². The molecule has 2 rings (SSSR count). The highest BCUT2D eigenvalue weighted by atomic mass is 16.5. The lowest BCUT2D eigenvalue weighted by Crippen LogP contribution is -2.13. The van der Waals surface area contributed by atoms with Gasteiger partial charge in [0.25, 0.3) is 0 Å². The molecule has 0 unspecified atom stereocenters. The lowest BCUT2D eigenvalue weighted by Gasteiger charge is -2.10. The number of amides is 1. The molecule has 4 heteroatoms. The fraction of sp³-hybridized carbons (Fsp3) is 0.333. The minimum Gasteiger partial charge on any atom is -0.490 e. The van der Waals surface area contributed by atoms with Gasteiger partial charge in [0.05, 0.1) is 6.61 Å². The summed E-state index contributed by atoms with van der Waals surface area (Å²) in [7, 11) is 0. The van der Waals surface area contributed by atoms with Gasteiger partial charge in [0.1, 0.15) is 0 Å². The molecule has 0 fully saturated rings. The van der Waals surface area contributed by atoms with Crippen molar-refractivity contribution in [2.45, 2.75) is 33.1 Å². The smallest absolute Gasteiger partial charge is 0.225 e. The number of rotatable bonds is 7. The third-order valence-electron chi connectivity index (χ3n) is 3.32. The van der Waals surface area contributed by atoms with Crippen LogP contribution in [0.5, 0.6) is 5.75 Å². The Bertz CT molecular complexity index is 609. The number of ether oxygens (including phenoxy) is 1. The average Bonchev–Trinajstić information content (AvgIpc) is 2.51. The number of carbonyl (C=O) groups is 1. The summed E-state index contributed by atoms with van der Waals surface area (Å²) in [5.74, 6) is 1.06. The molecular formula is C18H22N2O2. The first kappa shape index (κ1) is 16.0. The molecule has 0 aliphatic heterocycles. The molecule has 0 aliphatic carbocycles. The van der Waals surface area contributed by atoms with E-state index in [9.17, 15) is 4.79 Å². The first-order valence-electron chi connectivity index (χ1n) is 7.62. The van der Waals surface area contributed by atoms with Crippen LogP contribution in [-0.4, -0.2) is 17.5 Å². The SMILES string of the molecule is CCOc1cccnc1NC(=O)CCCc1ccc(C)cc1. The maximum atomic E-state index is 12.0. The summed E-state index contributed by atoms with van der Waals surface area (Å²) < 4.78 is 5.45. The second-order valence-electron chi connectivity index (χ2n) is 5.17. The van der Waals surface area contributed by atoms with Gasteiger partial charge >= 0.3 is 0 Å².